The summed E-state index contributed by atoms with van der Waals surface area (Å²) in [7, 11) is 0. The molecule has 4 heteroatoms. The van der Waals surface area contributed by atoms with Crippen LogP contribution in [0.4, 0.5) is 5.82 Å². The molecule has 0 amide bonds. The Morgan fingerprint density at radius 2 is 1.79 bits per heavy atom. The molecule has 2 heterocycles. The lowest BCUT2D eigenvalue weighted by molar-refractivity contribution is 0.763. The minimum absolute atomic E-state index is 0.420. The van der Waals surface area contributed by atoms with E-state index in [0.717, 1.165) is 11.5 Å². The molecule has 0 aliphatic heterocycles. The summed E-state index contributed by atoms with van der Waals surface area (Å²) < 4.78 is 0. The first-order valence-electron chi connectivity index (χ1n) is 7.83. The average Bonchev–Trinajstić information content (AvgIpc) is 2.64. The Morgan fingerprint density at radius 3 is 2.54 bits per heavy atom. The van der Waals surface area contributed by atoms with E-state index in [1.54, 1.807) is 12.3 Å². The fraction of sp³-hybridized carbons (Fsp3) is 0.150. The molecule has 0 aliphatic rings. The van der Waals surface area contributed by atoms with Gasteiger partial charge in [-0.1, -0.05) is 36.4 Å². The summed E-state index contributed by atoms with van der Waals surface area (Å²) >= 11 is 0. The van der Waals surface area contributed by atoms with Crippen molar-refractivity contribution in [2.75, 3.05) is 4.90 Å². The zero-order valence-electron chi connectivity index (χ0n) is 13.6. The first kappa shape index (κ1) is 15.7. The highest BCUT2D eigenvalue weighted by Crippen LogP contribution is 2.19. The summed E-state index contributed by atoms with van der Waals surface area (Å²) in [5.41, 5.74) is 3.86. The summed E-state index contributed by atoms with van der Waals surface area (Å²) in [5.74, 6) is 0.781. The van der Waals surface area contributed by atoms with Crippen molar-refractivity contribution in [3.63, 3.8) is 0 Å². The molecule has 3 aromatic rings. The number of hydrogen-bond donors (Lipinski definition) is 0. The highest BCUT2D eigenvalue weighted by atomic mass is 15.2. The predicted molar refractivity (Wildman–Crippen MR) is 94.3 cm³/mol. The lowest BCUT2D eigenvalue weighted by atomic mass is 10.1. The van der Waals surface area contributed by atoms with Crippen LogP contribution >= 0.6 is 0 Å². The Balaban J connectivity index is 1.94. The molecule has 0 spiro atoms. The van der Waals surface area contributed by atoms with Crippen LogP contribution in [-0.2, 0) is 13.1 Å². The molecule has 0 N–H and O–H groups in total. The molecule has 24 heavy (non-hydrogen) atoms. The van der Waals surface area contributed by atoms with E-state index in [1.807, 2.05) is 42.5 Å². The number of nitrogens with zero attached hydrogens (tertiary/aromatic N) is 4. The van der Waals surface area contributed by atoms with Gasteiger partial charge >= 0.3 is 0 Å². The van der Waals surface area contributed by atoms with Crippen LogP contribution in [0.5, 0.6) is 0 Å². The molecule has 0 unspecified atom stereocenters. The molecule has 0 aliphatic carbocycles. The van der Waals surface area contributed by atoms with Gasteiger partial charge < -0.3 is 4.90 Å². The van der Waals surface area contributed by atoms with Crippen molar-refractivity contribution in [2.45, 2.75) is 20.0 Å². The summed E-state index contributed by atoms with van der Waals surface area (Å²) in [5, 5.41) is 9.12. The maximum Gasteiger partial charge on any atom is 0.142 e. The lowest BCUT2D eigenvalue weighted by Crippen LogP contribution is -2.24. The fourth-order valence-electron chi connectivity index (χ4n) is 2.56. The topological polar surface area (TPSA) is 52.8 Å². The van der Waals surface area contributed by atoms with Gasteiger partial charge in [0.2, 0.25) is 0 Å². The third kappa shape index (κ3) is 3.76. The molecule has 3 rings (SSSR count). The van der Waals surface area contributed by atoms with Crippen molar-refractivity contribution in [3.8, 4) is 6.07 Å². The van der Waals surface area contributed by atoms with Gasteiger partial charge in [0, 0.05) is 12.7 Å². The van der Waals surface area contributed by atoms with Crippen molar-refractivity contribution < 1.29 is 0 Å². The zero-order chi connectivity index (χ0) is 16.8. The van der Waals surface area contributed by atoms with Gasteiger partial charge in [0.05, 0.1) is 12.2 Å². The monoisotopic (exact) mass is 314 g/mol. The third-order valence-electron chi connectivity index (χ3n) is 3.87. The van der Waals surface area contributed by atoms with Gasteiger partial charge in [-0.15, -0.1) is 0 Å². The molecule has 118 valence electrons. The number of hydrogen-bond acceptors (Lipinski definition) is 4. The maximum absolute atomic E-state index is 9.12. The number of anilines is 1. The number of aryl methyl sites for hydroxylation is 1. The first-order chi connectivity index (χ1) is 11.8. The van der Waals surface area contributed by atoms with Crippen LogP contribution in [0, 0.1) is 18.3 Å². The molecule has 0 fully saturated rings. The molecule has 2 aromatic heterocycles. The zero-order valence-corrected chi connectivity index (χ0v) is 13.6. The van der Waals surface area contributed by atoms with Crippen LogP contribution in [0.3, 0.4) is 0 Å². The summed E-state index contributed by atoms with van der Waals surface area (Å²) in [6, 6.07) is 21.8. The summed E-state index contributed by atoms with van der Waals surface area (Å²) in [6.45, 7) is 3.45. The van der Waals surface area contributed by atoms with Crippen molar-refractivity contribution in [2.24, 2.45) is 0 Å². The standard InChI is InChI=1S/C20H18N4/c1-16-7-2-3-8-17(16)14-24(15-19-9-4-5-12-22-19)20-11-6-10-18(13-21)23-20/h2-12H,14-15H2,1H3. The van der Waals surface area contributed by atoms with E-state index in [2.05, 4.69) is 40.0 Å². The van der Waals surface area contributed by atoms with Gasteiger partial charge in [-0.3, -0.25) is 4.98 Å². The van der Waals surface area contributed by atoms with Crippen molar-refractivity contribution >= 4 is 5.82 Å². The Kier molecular flexibility index (Phi) is 4.83. The van der Waals surface area contributed by atoms with Crippen molar-refractivity contribution in [1.29, 1.82) is 5.26 Å². The Hall–Kier alpha value is -3.19. The van der Waals surface area contributed by atoms with Crippen LogP contribution in [0.2, 0.25) is 0 Å². The highest BCUT2D eigenvalue weighted by molar-refractivity contribution is 5.43. The van der Waals surface area contributed by atoms with Crippen LogP contribution in [0.15, 0.2) is 66.9 Å². The largest absolute Gasteiger partial charge is 0.346 e. The number of rotatable bonds is 5. The minimum Gasteiger partial charge on any atom is -0.346 e. The van der Waals surface area contributed by atoms with E-state index in [0.29, 0.717) is 18.8 Å². The second-order valence-corrected chi connectivity index (χ2v) is 5.60. The number of aromatic nitrogens is 2. The molecule has 0 atom stereocenters. The molecule has 1 aromatic carbocycles. The maximum atomic E-state index is 9.12. The van der Waals surface area contributed by atoms with E-state index in [-0.39, 0.29) is 0 Å². The SMILES string of the molecule is Cc1ccccc1CN(Cc1ccccn1)c1cccc(C#N)n1. The van der Waals surface area contributed by atoms with Gasteiger partial charge in [-0.25, -0.2) is 4.98 Å². The van der Waals surface area contributed by atoms with E-state index >= 15 is 0 Å². The number of pyridine rings is 2. The Morgan fingerprint density at radius 1 is 0.958 bits per heavy atom. The van der Waals surface area contributed by atoms with E-state index in [9.17, 15) is 0 Å². The Bertz CT molecular complexity index is 853. The number of benzene rings is 1. The normalized spacial score (nSPS) is 10.2. The predicted octanol–water partition coefficient (Wildman–Crippen LogP) is 3.86. The lowest BCUT2D eigenvalue weighted by Gasteiger charge is -2.24. The van der Waals surface area contributed by atoms with Crippen molar-refractivity contribution in [3.05, 3.63) is 89.4 Å². The van der Waals surface area contributed by atoms with Gasteiger partial charge in [0.1, 0.15) is 17.6 Å². The number of nitriles is 1. The average molecular weight is 314 g/mol. The van der Waals surface area contributed by atoms with Crippen LogP contribution in [-0.4, -0.2) is 9.97 Å². The Labute approximate surface area is 142 Å². The van der Waals surface area contributed by atoms with Crippen LogP contribution in [0.1, 0.15) is 22.5 Å². The van der Waals surface area contributed by atoms with Crippen LogP contribution in [0.25, 0.3) is 0 Å². The van der Waals surface area contributed by atoms with Crippen LogP contribution < -0.4 is 4.90 Å². The van der Waals surface area contributed by atoms with Gasteiger partial charge in [0.25, 0.3) is 0 Å². The smallest absolute Gasteiger partial charge is 0.142 e. The first-order valence-corrected chi connectivity index (χ1v) is 7.83. The minimum atomic E-state index is 0.420. The molecular weight excluding hydrogens is 296 g/mol. The molecule has 0 bridgehead atoms. The third-order valence-corrected chi connectivity index (χ3v) is 3.87. The summed E-state index contributed by atoms with van der Waals surface area (Å²) in [4.78, 5) is 11.0. The highest BCUT2D eigenvalue weighted by Gasteiger charge is 2.12. The van der Waals surface area contributed by atoms with E-state index < -0.39 is 0 Å². The van der Waals surface area contributed by atoms with E-state index in [4.69, 9.17) is 5.26 Å². The molecule has 0 saturated heterocycles. The molecule has 0 radical (unpaired) electrons. The van der Waals surface area contributed by atoms with Gasteiger partial charge in [-0.05, 0) is 42.3 Å². The second kappa shape index (κ2) is 7.38. The second-order valence-electron chi connectivity index (χ2n) is 5.60. The molecule has 4 nitrogen and oxygen atoms in total. The van der Waals surface area contributed by atoms with Crippen molar-refractivity contribution in [1.82, 2.24) is 9.97 Å². The quantitative estimate of drug-likeness (QED) is 0.717. The molecule has 0 saturated carbocycles. The molecular formula is C20H18N4. The van der Waals surface area contributed by atoms with E-state index in [1.165, 1.54) is 11.1 Å². The summed E-state index contributed by atoms with van der Waals surface area (Å²) in [6.07, 6.45) is 1.79. The van der Waals surface area contributed by atoms with Gasteiger partial charge in [-0.2, -0.15) is 5.26 Å². The fourth-order valence-corrected chi connectivity index (χ4v) is 2.56. The van der Waals surface area contributed by atoms with Gasteiger partial charge in [0.15, 0.2) is 0 Å².